The van der Waals surface area contributed by atoms with Crippen molar-refractivity contribution >= 4 is 17.3 Å². The number of ether oxygens (including phenoxy) is 2. The first-order valence-electron chi connectivity index (χ1n) is 5.41. The highest BCUT2D eigenvalue weighted by Gasteiger charge is 2.14. The molecule has 2 aromatic rings. The zero-order chi connectivity index (χ0) is 13.7. The van der Waals surface area contributed by atoms with Gasteiger partial charge in [-0.3, -0.25) is 0 Å². The molecule has 0 atom stereocenters. The first-order valence-corrected chi connectivity index (χ1v) is 6.23. The van der Waals surface area contributed by atoms with Crippen molar-refractivity contribution in [3.8, 4) is 17.0 Å². The van der Waals surface area contributed by atoms with Crippen LogP contribution in [-0.2, 0) is 4.74 Å². The Bertz CT molecular complexity index is 616. The highest BCUT2D eigenvalue weighted by atomic mass is 32.1. The van der Waals surface area contributed by atoms with Crippen LogP contribution in [-0.4, -0.2) is 22.8 Å². The summed E-state index contributed by atoms with van der Waals surface area (Å²) in [5.74, 6) is 0.000220. The van der Waals surface area contributed by atoms with Crippen molar-refractivity contribution in [2.45, 2.75) is 6.92 Å². The highest BCUT2D eigenvalue weighted by Crippen LogP contribution is 2.25. The van der Waals surface area contributed by atoms with Gasteiger partial charge >= 0.3 is 5.97 Å². The Balaban J connectivity index is 2.07. The van der Waals surface area contributed by atoms with Crippen LogP contribution in [0.5, 0.6) is 10.9 Å². The van der Waals surface area contributed by atoms with Crippen LogP contribution in [0.15, 0.2) is 24.3 Å². The van der Waals surface area contributed by atoms with Crippen LogP contribution in [0.25, 0.3) is 0 Å². The van der Waals surface area contributed by atoms with E-state index in [1.807, 2.05) is 6.07 Å². The Hall–Kier alpha value is -2.46. The molecule has 96 valence electrons. The monoisotopic (exact) mass is 275 g/mol. The van der Waals surface area contributed by atoms with Gasteiger partial charge in [0.25, 0.3) is 5.19 Å². The largest absolute Gasteiger partial charge is 0.461 e. The van der Waals surface area contributed by atoms with Gasteiger partial charge in [0, 0.05) is 0 Å². The minimum Gasteiger partial charge on any atom is -0.461 e. The summed E-state index contributed by atoms with van der Waals surface area (Å²) in [7, 11) is 0. The molecular weight excluding hydrogens is 266 g/mol. The number of carbonyl (C=O) groups excluding carboxylic acids is 1. The average Bonchev–Trinajstić information content (AvgIpc) is 2.88. The second kappa shape index (κ2) is 5.93. The zero-order valence-corrected chi connectivity index (χ0v) is 10.8. The van der Waals surface area contributed by atoms with Crippen molar-refractivity contribution < 1.29 is 14.3 Å². The number of esters is 1. The molecule has 0 N–H and O–H groups in total. The third-order valence-electron chi connectivity index (χ3n) is 2.05. The smallest absolute Gasteiger partial charge is 0.369 e. The van der Waals surface area contributed by atoms with E-state index in [2.05, 4.69) is 10.2 Å². The lowest BCUT2D eigenvalue weighted by Gasteiger charge is -1.99. The van der Waals surface area contributed by atoms with E-state index in [4.69, 9.17) is 14.7 Å². The van der Waals surface area contributed by atoms with Gasteiger partial charge in [0.15, 0.2) is 0 Å². The molecule has 0 unspecified atom stereocenters. The number of benzene rings is 1. The van der Waals surface area contributed by atoms with E-state index in [9.17, 15) is 4.79 Å². The molecule has 1 aromatic heterocycles. The molecular formula is C12H9N3O3S. The fourth-order valence-corrected chi connectivity index (χ4v) is 1.83. The van der Waals surface area contributed by atoms with Crippen molar-refractivity contribution in [1.29, 1.82) is 5.26 Å². The van der Waals surface area contributed by atoms with Gasteiger partial charge in [-0.25, -0.2) is 4.79 Å². The maximum atomic E-state index is 11.4. The third-order valence-corrected chi connectivity index (χ3v) is 2.83. The summed E-state index contributed by atoms with van der Waals surface area (Å²) in [5.41, 5.74) is 0.539. The molecule has 0 saturated heterocycles. The number of rotatable bonds is 4. The van der Waals surface area contributed by atoms with Gasteiger partial charge in [-0.1, -0.05) is 5.10 Å². The minimum absolute atomic E-state index is 0.144. The van der Waals surface area contributed by atoms with Crippen LogP contribution in [0, 0.1) is 11.3 Å². The number of aromatic nitrogens is 2. The van der Waals surface area contributed by atoms with E-state index < -0.39 is 5.97 Å². The normalized spacial score (nSPS) is 9.68. The van der Waals surface area contributed by atoms with Crippen molar-refractivity contribution in [2.24, 2.45) is 0 Å². The van der Waals surface area contributed by atoms with Gasteiger partial charge in [0.2, 0.25) is 5.01 Å². The lowest BCUT2D eigenvalue weighted by atomic mass is 10.2. The van der Waals surface area contributed by atoms with E-state index >= 15 is 0 Å². The predicted octanol–water partition coefficient (Wildman–Crippen LogP) is 2.38. The van der Waals surface area contributed by atoms with Gasteiger partial charge in [-0.15, -0.1) is 5.10 Å². The third kappa shape index (κ3) is 3.26. The van der Waals surface area contributed by atoms with Crippen LogP contribution < -0.4 is 4.74 Å². The van der Waals surface area contributed by atoms with Crippen molar-refractivity contribution in [1.82, 2.24) is 10.2 Å². The van der Waals surface area contributed by atoms with Gasteiger partial charge in [-0.05, 0) is 42.5 Å². The van der Waals surface area contributed by atoms with E-state index in [1.54, 1.807) is 31.2 Å². The number of hydrogen-bond acceptors (Lipinski definition) is 7. The lowest BCUT2D eigenvalue weighted by Crippen LogP contribution is -2.03. The summed E-state index contributed by atoms with van der Waals surface area (Å²) in [6, 6.07) is 8.55. The first kappa shape index (κ1) is 13.0. The molecule has 0 aliphatic rings. The molecule has 0 bridgehead atoms. The lowest BCUT2D eigenvalue weighted by molar-refractivity contribution is 0.0525. The standard InChI is InChI=1S/C12H9N3O3S/c1-2-17-11(16)10-14-15-12(19-10)18-9-5-3-8(7-13)4-6-9/h3-6H,2H2,1H3. The van der Waals surface area contributed by atoms with E-state index in [0.717, 1.165) is 11.3 Å². The van der Waals surface area contributed by atoms with Crippen molar-refractivity contribution in [3.63, 3.8) is 0 Å². The molecule has 0 aliphatic heterocycles. The molecule has 0 fully saturated rings. The predicted molar refractivity (Wildman–Crippen MR) is 67.1 cm³/mol. The average molecular weight is 275 g/mol. The summed E-state index contributed by atoms with van der Waals surface area (Å²) in [6.07, 6.45) is 0. The van der Waals surface area contributed by atoms with E-state index in [1.165, 1.54) is 0 Å². The molecule has 0 radical (unpaired) electrons. The van der Waals surface area contributed by atoms with Gasteiger partial charge in [0.1, 0.15) is 5.75 Å². The second-order valence-corrected chi connectivity index (χ2v) is 4.27. The van der Waals surface area contributed by atoms with Crippen molar-refractivity contribution in [3.05, 3.63) is 34.8 Å². The first-order chi connectivity index (χ1) is 9.22. The van der Waals surface area contributed by atoms with Crippen LogP contribution >= 0.6 is 11.3 Å². The molecule has 0 spiro atoms. The Morgan fingerprint density at radius 2 is 2.11 bits per heavy atom. The fourth-order valence-electron chi connectivity index (χ4n) is 1.22. The molecule has 1 aromatic carbocycles. The Morgan fingerprint density at radius 3 is 2.74 bits per heavy atom. The maximum Gasteiger partial charge on any atom is 0.369 e. The molecule has 0 saturated carbocycles. The highest BCUT2D eigenvalue weighted by molar-refractivity contribution is 7.14. The SMILES string of the molecule is CCOC(=O)c1nnc(Oc2ccc(C#N)cc2)s1. The molecule has 1 heterocycles. The molecule has 6 nitrogen and oxygen atoms in total. The van der Waals surface area contributed by atoms with Gasteiger partial charge in [0.05, 0.1) is 18.2 Å². The van der Waals surface area contributed by atoms with Crippen LogP contribution in [0.2, 0.25) is 0 Å². The summed E-state index contributed by atoms with van der Waals surface area (Å²) in [6.45, 7) is 2.00. The summed E-state index contributed by atoms with van der Waals surface area (Å²) in [4.78, 5) is 11.4. The zero-order valence-electron chi connectivity index (χ0n) is 9.99. The molecule has 7 heteroatoms. The number of carbonyl (C=O) groups is 1. The van der Waals surface area contributed by atoms with Gasteiger partial charge in [-0.2, -0.15) is 5.26 Å². The second-order valence-electron chi connectivity index (χ2n) is 3.33. The Labute approximate surface area is 113 Å². The van der Waals surface area contributed by atoms with Crippen molar-refractivity contribution in [2.75, 3.05) is 6.61 Å². The summed E-state index contributed by atoms with van der Waals surface area (Å²) >= 11 is 1.00. The van der Waals surface area contributed by atoms with E-state index in [-0.39, 0.29) is 16.8 Å². The summed E-state index contributed by atoms with van der Waals surface area (Å²) in [5, 5.41) is 16.5. The Morgan fingerprint density at radius 1 is 1.37 bits per heavy atom. The van der Waals surface area contributed by atoms with Gasteiger partial charge < -0.3 is 9.47 Å². The van der Waals surface area contributed by atoms with Crippen LogP contribution in [0.3, 0.4) is 0 Å². The quantitative estimate of drug-likeness (QED) is 0.796. The number of nitrogens with zero attached hydrogens (tertiary/aromatic N) is 3. The number of hydrogen-bond donors (Lipinski definition) is 0. The molecule has 2 rings (SSSR count). The Kier molecular flexibility index (Phi) is 4.05. The molecule has 0 amide bonds. The topological polar surface area (TPSA) is 85.1 Å². The molecule has 19 heavy (non-hydrogen) atoms. The summed E-state index contributed by atoms with van der Waals surface area (Å²) < 4.78 is 10.2. The van der Waals surface area contributed by atoms with Crippen LogP contribution in [0.1, 0.15) is 22.3 Å². The van der Waals surface area contributed by atoms with E-state index in [0.29, 0.717) is 11.3 Å². The molecule has 0 aliphatic carbocycles. The number of nitriles is 1. The van der Waals surface area contributed by atoms with Crippen LogP contribution in [0.4, 0.5) is 0 Å². The maximum absolute atomic E-state index is 11.4. The minimum atomic E-state index is -0.519. The fraction of sp³-hybridized carbons (Fsp3) is 0.167.